The number of carbonyl (C=O) groups excluding carboxylic acids is 1. The van der Waals surface area contributed by atoms with Gasteiger partial charge in [-0.3, -0.25) is 4.79 Å². The van der Waals surface area contributed by atoms with Gasteiger partial charge in [0.25, 0.3) is 5.91 Å². The Morgan fingerprint density at radius 1 is 1.45 bits per heavy atom. The summed E-state index contributed by atoms with van der Waals surface area (Å²) in [5, 5.41) is 0. The maximum Gasteiger partial charge on any atom is 0.256 e. The van der Waals surface area contributed by atoms with Gasteiger partial charge < -0.3 is 9.64 Å². The maximum absolute atomic E-state index is 13.7. The van der Waals surface area contributed by atoms with Crippen molar-refractivity contribution >= 4 is 5.91 Å². The summed E-state index contributed by atoms with van der Waals surface area (Å²) in [5.74, 6) is -1.56. The van der Waals surface area contributed by atoms with Crippen LogP contribution in [0.1, 0.15) is 30.1 Å². The quantitative estimate of drug-likeness (QED) is 0.831. The van der Waals surface area contributed by atoms with Gasteiger partial charge in [0.2, 0.25) is 0 Å². The van der Waals surface area contributed by atoms with Crippen molar-refractivity contribution in [2.24, 2.45) is 5.92 Å². The second-order valence-corrected chi connectivity index (χ2v) is 5.10. The van der Waals surface area contributed by atoms with E-state index in [9.17, 15) is 13.6 Å². The van der Waals surface area contributed by atoms with E-state index in [4.69, 9.17) is 4.74 Å². The van der Waals surface area contributed by atoms with E-state index in [-0.39, 0.29) is 11.5 Å². The van der Waals surface area contributed by atoms with Crippen molar-refractivity contribution in [3.8, 4) is 0 Å². The summed E-state index contributed by atoms with van der Waals surface area (Å²) < 4.78 is 31.9. The Hall–Kier alpha value is -1.49. The Labute approximate surface area is 117 Å². The Morgan fingerprint density at radius 2 is 2.25 bits per heavy atom. The number of nitrogens with zero attached hydrogens (tertiary/aromatic N) is 1. The summed E-state index contributed by atoms with van der Waals surface area (Å²) in [7, 11) is 0. The molecule has 1 aliphatic rings. The van der Waals surface area contributed by atoms with Gasteiger partial charge in [0.15, 0.2) is 0 Å². The third-order valence-corrected chi connectivity index (χ3v) is 3.44. The number of hydrogen-bond acceptors (Lipinski definition) is 2. The van der Waals surface area contributed by atoms with Crippen molar-refractivity contribution in [2.45, 2.75) is 19.8 Å². The van der Waals surface area contributed by atoms with Crippen molar-refractivity contribution in [3.05, 3.63) is 35.4 Å². The number of benzene rings is 1. The molecule has 1 aromatic rings. The molecule has 0 aliphatic carbocycles. The van der Waals surface area contributed by atoms with Crippen LogP contribution in [0.15, 0.2) is 18.2 Å². The summed E-state index contributed by atoms with van der Waals surface area (Å²) in [6.07, 6.45) is 1.71. The molecule has 0 saturated carbocycles. The van der Waals surface area contributed by atoms with Crippen LogP contribution in [0.5, 0.6) is 0 Å². The van der Waals surface area contributed by atoms with Crippen molar-refractivity contribution in [3.63, 3.8) is 0 Å². The van der Waals surface area contributed by atoms with Gasteiger partial charge in [-0.25, -0.2) is 8.78 Å². The van der Waals surface area contributed by atoms with E-state index >= 15 is 0 Å². The summed E-state index contributed by atoms with van der Waals surface area (Å²) >= 11 is 0. The van der Waals surface area contributed by atoms with Crippen LogP contribution in [-0.2, 0) is 4.74 Å². The molecular weight excluding hydrogens is 264 g/mol. The van der Waals surface area contributed by atoms with Gasteiger partial charge in [0, 0.05) is 31.7 Å². The summed E-state index contributed by atoms with van der Waals surface area (Å²) in [5.41, 5.74) is -0.0706. The molecule has 1 fully saturated rings. The van der Waals surface area contributed by atoms with E-state index in [2.05, 4.69) is 0 Å². The Kier molecular flexibility index (Phi) is 5.06. The first kappa shape index (κ1) is 14.9. The molecule has 2 rings (SSSR count). The van der Waals surface area contributed by atoms with Crippen LogP contribution < -0.4 is 0 Å². The zero-order valence-electron chi connectivity index (χ0n) is 11.6. The minimum absolute atomic E-state index is 0.0706. The standard InChI is InChI=1S/C15H19F2NO2/c1-2-6-18(9-11-5-7-20-10-11)15(19)13-4-3-12(16)8-14(13)17/h3-4,8,11H,2,5-7,9-10H2,1H3. The average molecular weight is 283 g/mol. The molecule has 0 spiro atoms. The van der Waals surface area contributed by atoms with Crippen molar-refractivity contribution in [1.82, 2.24) is 4.90 Å². The van der Waals surface area contributed by atoms with Crippen molar-refractivity contribution in [1.29, 1.82) is 0 Å². The summed E-state index contributed by atoms with van der Waals surface area (Å²) in [6.45, 7) is 4.44. The number of carbonyl (C=O) groups is 1. The summed E-state index contributed by atoms with van der Waals surface area (Å²) in [4.78, 5) is 14.0. The molecule has 1 aliphatic heterocycles. The zero-order valence-corrected chi connectivity index (χ0v) is 11.6. The third kappa shape index (κ3) is 3.54. The van der Waals surface area contributed by atoms with Crippen LogP contribution in [0.2, 0.25) is 0 Å². The van der Waals surface area contributed by atoms with E-state index in [0.717, 1.165) is 25.0 Å². The molecule has 5 heteroatoms. The second-order valence-electron chi connectivity index (χ2n) is 5.10. The number of halogens is 2. The van der Waals surface area contributed by atoms with E-state index in [1.807, 2.05) is 6.92 Å². The SMILES string of the molecule is CCCN(CC1CCOC1)C(=O)c1ccc(F)cc1F. The molecule has 0 bridgehead atoms. The molecule has 3 nitrogen and oxygen atoms in total. The maximum atomic E-state index is 13.7. The fourth-order valence-corrected chi connectivity index (χ4v) is 2.42. The molecule has 20 heavy (non-hydrogen) atoms. The van der Waals surface area contributed by atoms with Crippen LogP contribution in [0.4, 0.5) is 8.78 Å². The zero-order chi connectivity index (χ0) is 14.5. The van der Waals surface area contributed by atoms with Crippen molar-refractivity contribution in [2.75, 3.05) is 26.3 Å². The first-order valence-electron chi connectivity index (χ1n) is 6.94. The molecule has 0 radical (unpaired) electrons. The first-order chi connectivity index (χ1) is 9.61. The smallest absolute Gasteiger partial charge is 0.256 e. The molecule has 0 N–H and O–H groups in total. The molecule has 1 aromatic carbocycles. The lowest BCUT2D eigenvalue weighted by Crippen LogP contribution is -2.36. The monoisotopic (exact) mass is 283 g/mol. The van der Waals surface area contributed by atoms with Crippen LogP contribution in [0.25, 0.3) is 0 Å². The highest BCUT2D eigenvalue weighted by Gasteiger charge is 2.24. The Balaban J connectivity index is 2.12. The van der Waals surface area contributed by atoms with Crippen LogP contribution in [-0.4, -0.2) is 37.1 Å². The van der Waals surface area contributed by atoms with Gasteiger partial charge in [-0.1, -0.05) is 6.92 Å². The highest BCUT2D eigenvalue weighted by molar-refractivity contribution is 5.94. The number of ether oxygens (including phenoxy) is 1. The topological polar surface area (TPSA) is 29.5 Å². The molecule has 0 aromatic heterocycles. The van der Waals surface area contributed by atoms with E-state index < -0.39 is 11.6 Å². The highest BCUT2D eigenvalue weighted by atomic mass is 19.1. The van der Waals surface area contributed by atoms with E-state index in [1.54, 1.807) is 4.90 Å². The average Bonchev–Trinajstić information content (AvgIpc) is 2.90. The highest BCUT2D eigenvalue weighted by Crippen LogP contribution is 2.18. The number of amides is 1. The van der Waals surface area contributed by atoms with E-state index in [0.29, 0.717) is 32.2 Å². The fourth-order valence-electron chi connectivity index (χ4n) is 2.42. The predicted molar refractivity (Wildman–Crippen MR) is 71.5 cm³/mol. The molecule has 1 amide bonds. The minimum Gasteiger partial charge on any atom is -0.381 e. The van der Waals surface area contributed by atoms with Crippen LogP contribution >= 0.6 is 0 Å². The third-order valence-electron chi connectivity index (χ3n) is 3.44. The van der Waals surface area contributed by atoms with E-state index in [1.165, 1.54) is 6.07 Å². The molecule has 1 atom stereocenters. The Morgan fingerprint density at radius 3 is 2.85 bits per heavy atom. The Bertz CT molecular complexity index is 473. The van der Waals surface area contributed by atoms with Gasteiger partial charge >= 0.3 is 0 Å². The van der Waals surface area contributed by atoms with Crippen molar-refractivity contribution < 1.29 is 18.3 Å². The predicted octanol–water partition coefficient (Wildman–Crippen LogP) is 2.85. The lowest BCUT2D eigenvalue weighted by Gasteiger charge is -2.25. The number of rotatable bonds is 5. The normalized spacial score (nSPS) is 18.2. The van der Waals surface area contributed by atoms with Gasteiger partial charge in [0.05, 0.1) is 12.2 Å². The number of hydrogen-bond donors (Lipinski definition) is 0. The molecule has 1 unspecified atom stereocenters. The minimum atomic E-state index is -0.807. The van der Waals surface area contributed by atoms with Gasteiger partial charge in [0.1, 0.15) is 11.6 Å². The molecule has 110 valence electrons. The van der Waals surface area contributed by atoms with Crippen LogP contribution in [0.3, 0.4) is 0 Å². The van der Waals surface area contributed by atoms with Crippen LogP contribution in [0, 0.1) is 17.6 Å². The lowest BCUT2D eigenvalue weighted by molar-refractivity contribution is 0.0716. The lowest BCUT2D eigenvalue weighted by atomic mass is 10.1. The second kappa shape index (κ2) is 6.79. The molecular formula is C15H19F2NO2. The molecule has 1 saturated heterocycles. The fraction of sp³-hybridized carbons (Fsp3) is 0.533. The van der Waals surface area contributed by atoms with Gasteiger partial charge in [-0.2, -0.15) is 0 Å². The summed E-state index contributed by atoms with van der Waals surface area (Å²) in [6, 6.07) is 3.07. The largest absolute Gasteiger partial charge is 0.381 e. The molecule has 1 heterocycles. The van der Waals surface area contributed by atoms with Gasteiger partial charge in [-0.15, -0.1) is 0 Å². The first-order valence-corrected chi connectivity index (χ1v) is 6.94. The van der Waals surface area contributed by atoms with Gasteiger partial charge in [-0.05, 0) is 25.0 Å².